The van der Waals surface area contributed by atoms with Crippen LogP contribution in [0.1, 0.15) is 44.7 Å². The van der Waals surface area contributed by atoms with Crippen molar-refractivity contribution in [3.63, 3.8) is 0 Å². The van der Waals surface area contributed by atoms with E-state index in [1.165, 1.54) is 0 Å². The maximum atomic E-state index is 13.7. The van der Waals surface area contributed by atoms with Crippen molar-refractivity contribution in [1.29, 1.82) is 0 Å². The van der Waals surface area contributed by atoms with Crippen molar-refractivity contribution in [1.82, 2.24) is 9.80 Å². The van der Waals surface area contributed by atoms with Crippen LogP contribution in [0.2, 0.25) is 0 Å². The molecule has 2 aliphatic heterocycles. The molecule has 0 spiro atoms. The summed E-state index contributed by atoms with van der Waals surface area (Å²) in [7, 11) is 3.31. The van der Waals surface area contributed by atoms with E-state index in [9.17, 15) is 9.59 Å². The molecule has 0 aromatic heterocycles. The molecule has 1 amide bonds. The molecule has 0 bridgehead atoms. The third-order valence-electron chi connectivity index (χ3n) is 7.19. The fourth-order valence-corrected chi connectivity index (χ4v) is 5.27. The van der Waals surface area contributed by atoms with Crippen LogP contribution in [0.4, 0.5) is 0 Å². The van der Waals surface area contributed by atoms with Gasteiger partial charge in [0.25, 0.3) is 5.91 Å². The van der Waals surface area contributed by atoms with E-state index in [1.54, 1.807) is 19.1 Å². The summed E-state index contributed by atoms with van der Waals surface area (Å²) in [5.41, 5.74) is 1.39. The number of benzene rings is 1. The number of rotatable bonds is 8. The van der Waals surface area contributed by atoms with Crippen molar-refractivity contribution in [3.05, 3.63) is 41.2 Å². The Kier molecular flexibility index (Phi) is 6.86. The van der Waals surface area contributed by atoms with Gasteiger partial charge in [0.2, 0.25) is 0 Å². The van der Waals surface area contributed by atoms with Gasteiger partial charge in [-0.3, -0.25) is 9.59 Å². The molecule has 7 heteroatoms. The number of nitrogens with zero attached hydrogens (tertiary/aromatic N) is 2. The van der Waals surface area contributed by atoms with Gasteiger partial charge in [0.1, 0.15) is 11.9 Å². The fraction of sp³-hybridized carbons (Fsp3) is 0.600. The standard InChI is InChI=1S/C25H34N2O5/c1-5-26(6-2)12-13-27-22(16-8-7-9-17(14-16)30-3)21-23(28)19-11-10-18(31-4)15-20(19)32-24(21)25(27)29/h7-9,14,18-20,22H,5-6,10-13,15H2,1-4H3. The van der Waals surface area contributed by atoms with E-state index < -0.39 is 6.04 Å². The lowest BCUT2D eigenvalue weighted by Crippen LogP contribution is -2.43. The largest absolute Gasteiger partial charge is 0.497 e. The number of ether oxygens (including phenoxy) is 3. The summed E-state index contributed by atoms with van der Waals surface area (Å²) in [6.45, 7) is 7.32. The molecule has 1 aliphatic carbocycles. The Hall–Kier alpha value is -2.38. The Morgan fingerprint density at radius 3 is 2.62 bits per heavy atom. The van der Waals surface area contributed by atoms with Crippen LogP contribution in [0.25, 0.3) is 0 Å². The van der Waals surface area contributed by atoms with E-state index in [-0.39, 0.29) is 35.6 Å². The number of methoxy groups -OCH3 is 2. The summed E-state index contributed by atoms with van der Waals surface area (Å²) in [6, 6.07) is 7.20. The number of amides is 1. The molecule has 1 aromatic rings. The van der Waals surface area contributed by atoms with E-state index in [0.717, 1.165) is 38.0 Å². The maximum absolute atomic E-state index is 13.7. The monoisotopic (exact) mass is 442 g/mol. The first-order valence-corrected chi connectivity index (χ1v) is 11.7. The highest BCUT2D eigenvalue weighted by molar-refractivity contribution is 6.11. The van der Waals surface area contributed by atoms with Gasteiger partial charge in [-0.1, -0.05) is 26.0 Å². The molecule has 0 saturated heterocycles. The molecule has 0 radical (unpaired) electrons. The molecule has 3 aliphatic rings. The van der Waals surface area contributed by atoms with Gasteiger partial charge in [0.15, 0.2) is 11.5 Å². The van der Waals surface area contributed by atoms with Gasteiger partial charge in [-0.15, -0.1) is 0 Å². The molecule has 4 rings (SSSR count). The van der Waals surface area contributed by atoms with E-state index in [1.807, 2.05) is 24.3 Å². The molecule has 32 heavy (non-hydrogen) atoms. The van der Waals surface area contributed by atoms with Crippen LogP contribution in [0, 0.1) is 5.92 Å². The molecule has 174 valence electrons. The topological polar surface area (TPSA) is 68.3 Å². The van der Waals surface area contributed by atoms with Crippen LogP contribution >= 0.6 is 0 Å². The summed E-state index contributed by atoms with van der Waals surface area (Å²) in [6.07, 6.45) is 1.96. The normalized spacial score (nSPS) is 27.5. The Morgan fingerprint density at radius 1 is 1.16 bits per heavy atom. The molecule has 0 N–H and O–H groups in total. The summed E-state index contributed by atoms with van der Waals surface area (Å²) >= 11 is 0. The summed E-state index contributed by atoms with van der Waals surface area (Å²) in [4.78, 5) is 31.3. The number of hydrogen-bond acceptors (Lipinski definition) is 6. The quantitative estimate of drug-likeness (QED) is 0.617. The Balaban J connectivity index is 1.71. The molecular formula is C25H34N2O5. The number of ketones is 1. The first-order valence-electron chi connectivity index (χ1n) is 11.7. The van der Waals surface area contributed by atoms with Crippen LogP contribution in [-0.4, -0.2) is 74.1 Å². The predicted molar refractivity (Wildman–Crippen MR) is 120 cm³/mol. The summed E-state index contributed by atoms with van der Waals surface area (Å²) in [5, 5.41) is 0. The van der Waals surface area contributed by atoms with Crippen LogP contribution in [-0.2, 0) is 19.1 Å². The number of likely N-dealkylation sites (N-methyl/N-ethyl adjacent to an activating group) is 1. The average molecular weight is 443 g/mol. The van der Waals surface area contributed by atoms with Crippen molar-refractivity contribution in [2.45, 2.75) is 51.4 Å². The Bertz CT molecular complexity index is 894. The first-order chi connectivity index (χ1) is 15.5. The van der Waals surface area contributed by atoms with Crippen molar-refractivity contribution >= 4 is 11.7 Å². The van der Waals surface area contributed by atoms with Crippen molar-refractivity contribution in [2.75, 3.05) is 40.4 Å². The third-order valence-corrected chi connectivity index (χ3v) is 7.19. The fourth-order valence-electron chi connectivity index (χ4n) is 5.27. The zero-order valence-corrected chi connectivity index (χ0v) is 19.5. The van der Waals surface area contributed by atoms with Gasteiger partial charge in [0, 0.05) is 26.6 Å². The van der Waals surface area contributed by atoms with E-state index in [0.29, 0.717) is 24.3 Å². The molecule has 1 saturated carbocycles. The van der Waals surface area contributed by atoms with Crippen molar-refractivity contribution < 1.29 is 23.8 Å². The SMILES string of the molecule is CCN(CC)CCN1C(=O)C2=C(C(=O)C3CCC(OC)CC3O2)C1c1cccc(OC)c1. The van der Waals surface area contributed by atoms with Gasteiger partial charge in [0.05, 0.1) is 30.7 Å². The highest BCUT2D eigenvalue weighted by Gasteiger charge is 2.52. The highest BCUT2D eigenvalue weighted by Crippen LogP contribution is 2.47. The van der Waals surface area contributed by atoms with Crippen LogP contribution < -0.4 is 4.74 Å². The molecule has 1 aromatic carbocycles. The van der Waals surface area contributed by atoms with Crippen LogP contribution in [0.15, 0.2) is 35.6 Å². The number of fused-ring (bicyclic) bond motifs is 1. The van der Waals surface area contributed by atoms with Gasteiger partial charge < -0.3 is 24.0 Å². The zero-order chi connectivity index (χ0) is 22.8. The lowest BCUT2D eigenvalue weighted by Gasteiger charge is -2.38. The van der Waals surface area contributed by atoms with Gasteiger partial charge >= 0.3 is 0 Å². The minimum atomic E-state index is -0.447. The molecule has 1 fully saturated rings. The van der Waals surface area contributed by atoms with E-state index >= 15 is 0 Å². The Morgan fingerprint density at radius 2 is 1.94 bits per heavy atom. The van der Waals surface area contributed by atoms with Crippen LogP contribution in [0.5, 0.6) is 5.75 Å². The smallest absolute Gasteiger partial charge is 0.290 e. The zero-order valence-electron chi connectivity index (χ0n) is 19.5. The second-order valence-electron chi connectivity index (χ2n) is 8.75. The second-order valence-corrected chi connectivity index (χ2v) is 8.75. The van der Waals surface area contributed by atoms with Crippen molar-refractivity contribution in [3.8, 4) is 5.75 Å². The number of hydrogen-bond donors (Lipinski definition) is 0. The molecule has 4 atom stereocenters. The minimum absolute atomic E-state index is 0.0531. The number of carbonyl (C=O) groups excluding carboxylic acids is 2. The number of carbonyl (C=O) groups is 2. The van der Waals surface area contributed by atoms with Crippen LogP contribution in [0.3, 0.4) is 0 Å². The first kappa shape index (κ1) is 22.8. The lowest BCUT2D eigenvalue weighted by molar-refractivity contribution is -0.138. The maximum Gasteiger partial charge on any atom is 0.290 e. The summed E-state index contributed by atoms with van der Waals surface area (Å²) < 4.78 is 17.2. The Labute approximate surface area is 190 Å². The molecule has 7 nitrogen and oxygen atoms in total. The highest BCUT2D eigenvalue weighted by atomic mass is 16.5. The summed E-state index contributed by atoms with van der Waals surface area (Å²) in [5.74, 6) is 0.586. The predicted octanol–water partition coefficient (Wildman–Crippen LogP) is 2.96. The number of Topliss-reactive ketones (excluding diaryl/α,β-unsaturated/α-hetero) is 1. The minimum Gasteiger partial charge on any atom is -0.497 e. The molecular weight excluding hydrogens is 408 g/mol. The lowest BCUT2D eigenvalue weighted by atomic mass is 9.76. The van der Waals surface area contributed by atoms with Gasteiger partial charge in [-0.2, -0.15) is 0 Å². The van der Waals surface area contributed by atoms with Gasteiger partial charge in [-0.25, -0.2) is 0 Å². The average Bonchev–Trinajstić information content (AvgIpc) is 3.11. The van der Waals surface area contributed by atoms with E-state index in [4.69, 9.17) is 14.2 Å². The van der Waals surface area contributed by atoms with Gasteiger partial charge in [-0.05, 0) is 43.6 Å². The molecule has 2 heterocycles. The second kappa shape index (κ2) is 9.63. The van der Waals surface area contributed by atoms with E-state index in [2.05, 4.69) is 18.7 Å². The molecule has 4 unspecified atom stereocenters. The van der Waals surface area contributed by atoms with Crippen molar-refractivity contribution in [2.24, 2.45) is 5.92 Å². The third kappa shape index (κ3) is 4.04.